The van der Waals surface area contributed by atoms with Gasteiger partial charge >= 0.3 is 6.09 Å². The van der Waals surface area contributed by atoms with Crippen LogP contribution < -0.4 is 16.4 Å². The summed E-state index contributed by atoms with van der Waals surface area (Å²) in [4.78, 5) is 27.0. The lowest BCUT2D eigenvalue weighted by atomic mass is 9.72. The number of alkyl carbamates (subject to hydrolysis) is 1. The number of nitrogen functional groups attached to an aromatic ring is 1. The van der Waals surface area contributed by atoms with E-state index in [1.807, 2.05) is 98.1 Å². The number of benzene rings is 2. The molecule has 1 aliphatic rings. The smallest absolute Gasteiger partial charge is 0.408 e. The molecular weight excluding hydrogens is 554 g/mol. The van der Waals surface area contributed by atoms with E-state index in [9.17, 15) is 9.90 Å². The standard InChI is InChI=1S/C34H37N7O3/c1-21(42)37-24-9-5-8-22(20-24)27-15-16-28-31(38-27)41(30(39-28)26-10-6-19-36-29(26)35)25-13-11-23(12-14-25)34(17-7-18-34)40-32(43)44-33(2,3)4/h5-6,8-16,19-21,37,42H,7,17-18H2,1-4H3,(H2,35,36)(H,40,43). The number of carbonyl (C=O) groups is 1. The molecule has 1 aliphatic carbocycles. The minimum Gasteiger partial charge on any atom is -0.444 e. The summed E-state index contributed by atoms with van der Waals surface area (Å²) in [6.07, 6.45) is 3.25. The largest absolute Gasteiger partial charge is 0.444 e. The van der Waals surface area contributed by atoms with Crippen LogP contribution in [0.25, 0.3) is 39.5 Å². The first kappa shape index (κ1) is 29.1. The predicted octanol–water partition coefficient (Wildman–Crippen LogP) is 6.39. The first-order chi connectivity index (χ1) is 21.0. The lowest BCUT2D eigenvalue weighted by Crippen LogP contribution is -2.52. The summed E-state index contributed by atoms with van der Waals surface area (Å²) >= 11 is 0. The second-order valence-electron chi connectivity index (χ2n) is 12.3. The molecule has 5 aromatic rings. The van der Waals surface area contributed by atoms with Crippen molar-refractivity contribution in [3.63, 3.8) is 0 Å². The number of aromatic nitrogens is 4. The van der Waals surface area contributed by atoms with Gasteiger partial charge in [-0.15, -0.1) is 0 Å². The molecule has 0 bridgehead atoms. The van der Waals surface area contributed by atoms with Gasteiger partial charge in [-0.3, -0.25) is 4.57 Å². The molecule has 1 atom stereocenters. The fourth-order valence-corrected chi connectivity index (χ4v) is 5.60. The summed E-state index contributed by atoms with van der Waals surface area (Å²) in [6, 6.07) is 23.5. The van der Waals surface area contributed by atoms with E-state index in [4.69, 9.17) is 20.4 Å². The zero-order chi connectivity index (χ0) is 31.1. The SMILES string of the molecule is CC(O)Nc1cccc(-c2ccc3nc(-c4cccnc4N)n(-c4ccc(C5(NC(=O)OC(C)(C)C)CCC5)cc4)c3n2)c1. The maximum Gasteiger partial charge on any atom is 0.408 e. The molecule has 3 heterocycles. The van der Waals surface area contributed by atoms with Crippen molar-refractivity contribution in [2.45, 2.75) is 64.3 Å². The zero-order valence-electron chi connectivity index (χ0n) is 25.3. The number of fused-ring (bicyclic) bond motifs is 1. The Bertz CT molecular complexity index is 1820. The predicted molar refractivity (Wildman–Crippen MR) is 172 cm³/mol. The van der Waals surface area contributed by atoms with E-state index >= 15 is 0 Å². The van der Waals surface area contributed by atoms with Crippen LogP contribution >= 0.6 is 0 Å². The molecule has 0 radical (unpaired) electrons. The van der Waals surface area contributed by atoms with Crippen LogP contribution in [0.3, 0.4) is 0 Å². The Morgan fingerprint density at radius 1 is 1.05 bits per heavy atom. The number of nitrogens with one attached hydrogen (secondary N) is 2. The van der Waals surface area contributed by atoms with Crippen LogP contribution in [0.15, 0.2) is 79.0 Å². The van der Waals surface area contributed by atoms with Crippen molar-refractivity contribution >= 4 is 28.8 Å². The molecule has 10 heteroatoms. The first-order valence-corrected chi connectivity index (χ1v) is 14.8. The lowest BCUT2D eigenvalue weighted by molar-refractivity contribution is 0.0377. The number of ether oxygens (including phenoxy) is 1. The fourth-order valence-electron chi connectivity index (χ4n) is 5.60. The van der Waals surface area contributed by atoms with E-state index in [2.05, 4.69) is 15.6 Å². The fraction of sp³-hybridized carbons (Fsp3) is 0.294. The number of aliphatic hydroxyl groups excluding tert-OH is 1. The molecule has 1 saturated carbocycles. The summed E-state index contributed by atoms with van der Waals surface area (Å²) in [7, 11) is 0. The van der Waals surface area contributed by atoms with Crippen LogP contribution in [0.4, 0.5) is 16.3 Å². The average Bonchev–Trinajstić information content (AvgIpc) is 3.33. The van der Waals surface area contributed by atoms with Gasteiger partial charge in [-0.1, -0.05) is 24.3 Å². The number of imidazole rings is 1. The molecule has 1 fully saturated rings. The molecule has 226 valence electrons. The van der Waals surface area contributed by atoms with E-state index in [1.54, 1.807) is 13.1 Å². The molecule has 1 amide bonds. The molecule has 2 aromatic carbocycles. The molecule has 3 aromatic heterocycles. The second-order valence-corrected chi connectivity index (χ2v) is 12.3. The molecule has 1 unspecified atom stereocenters. The van der Waals surface area contributed by atoms with E-state index in [0.717, 1.165) is 47.5 Å². The van der Waals surface area contributed by atoms with Crippen LogP contribution in [-0.2, 0) is 10.3 Å². The lowest BCUT2D eigenvalue weighted by Gasteiger charge is -2.43. The van der Waals surface area contributed by atoms with Crippen LogP contribution in [0.5, 0.6) is 0 Å². The zero-order valence-corrected chi connectivity index (χ0v) is 25.3. The van der Waals surface area contributed by atoms with Gasteiger partial charge in [0.1, 0.15) is 23.2 Å². The Balaban J connectivity index is 1.43. The van der Waals surface area contributed by atoms with Gasteiger partial charge in [0.2, 0.25) is 0 Å². The third-order valence-electron chi connectivity index (χ3n) is 7.74. The van der Waals surface area contributed by atoms with Crippen molar-refractivity contribution < 1.29 is 14.6 Å². The van der Waals surface area contributed by atoms with Crippen molar-refractivity contribution in [3.8, 4) is 28.3 Å². The van der Waals surface area contributed by atoms with Crippen molar-refractivity contribution in [1.82, 2.24) is 24.8 Å². The maximum atomic E-state index is 12.7. The monoisotopic (exact) mass is 591 g/mol. The number of pyridine rings is 2. The highest BCUT2D eigenvalue weighted by Crippen LogP contribution is 2.42. The number of rotatable bonds is 7. The number of hydrogen-bond donors (Lipinski definition) is 4. The van der Waals surface area contributed by atoms with Gasteiger partial charge in [0.25, 0.3) is 0 Å². The summed E-state index contributed by atoms with van der Waals surface area (Å²) < 4.78 is 7.56. The van der Waals surface area contributed by atoms with Gasteiger partial charge < -0.3 is 26.2 Å². The van der Waals surface area contributed by atoms with E-state index in [1.165, 1.54) is 0 Å². The molecule has 44 heavy (non-hydrogen) atoms. The Morgan fingerprint density at radius 3 is 2.48 bits per heavy atom. The number of nitrogens with zero attached hydrogens (tertiary/aromatic N) is 4. The number of amides is 1. The highest BCUT2D eigenvalue weighted by atomic mass is 16.6. The van der Waals surface area contributed by atoms with Gasteiger partial charge in [-0.25, -0.2) is 19.7 Å². The number of anilines is 2. The van der Waals surface area contributed by atoms with E-state index in [0.29, 0.717) is 28.4 Å². The summed E-state index contributed by atoms with van der Waals surface area (Å²) in [5.74, 6) is 0.991. The third-order valence-corrected chi connectivity index (χ3v) is 7.74. The van der Waals surface area contributed by atoms with Crippen LogP contribution in [0, 0.1) is 0 Å². The Hall–Kier alpha value is -4.96. The number of carbonyl (C=O) groups excluding carboxylic acids is 1. The Labute approximate surface area is 256 Å². The van der Waals surface area contributed by atoms with Crippen molar-refractivity contribution in [1.29, 1.82) is 0 Å². The van der Waals surface area contributed by atoms with Crippen molar-refractivity contribution in [2.75, 3.05) is 11.1 Å². The van der Waals surface area contributed by atoms with Crippen LogP contribution in [0.1, 0.15) is 52.5 Å². The van der Waals surface area contributed by atoms with Gasteiger partial charge in [-0.2, -0.15) is 0 Å². The number of aliphatic hydroxyl groups is 1. The molecule has 5 N–H and O–H groups in total. The van der Waals surface area contributed by atoms with E-state index in [-0.39, 0.29) is 0 Å². The van der Waals surface area contributed by atoms with Crippen LogP contribution in [0.2, 0.25) is 0 Å². The number of hydrogen-bond acceptors (Lipinski definition) is 8. The maximum absolute atomic E-state index is 12.7. The molecule has 10 nitrogen and oxygen atoms in total. The van der Waals surface area contributed by atoms with Gasteiger partial charge in [0.15, 0.2) is 11.5 Å². The highest BCUT2D eigenvalue weighted by molar-refractivity contribution is 5.85. The minimum absolute atomic E-state index is 0.368. The molecule has 0 spiro atoms. The Kier molecular flexibility index (Phi) is 7.46. The Morgan fingerprint density at radius 2 is 1.82 bits per heavy atom. The van der Waals surface area contributed by atoms with Gasteiger partial charge in [0, 0.05) is 23.1 Å². The summed E-state index contributed by atoms with van der Waals surface area (Å²) in [5, 5.41) is 16.0. The highest BCUT2D eigenvalue weighted by Gasteiger charge is 2.41. The third kappa shape index (κ3) is 5.80. The normalized spacial score (nSPS) is 14.9. The van der Waals surface area contributed by atoms with Gasteiger partial charge in [-0.05, 0) is 101 Å². The first-order valence-electron chi connectivity index (χ1n) is 14.8. The van der Waals surface area contributed by atoms with Crippen molar-refractivity contribution in [2.24, 2.45) is 0 Å². The second kappa shape index (κ2) is 11.3. The molecule has 0 saturated heterocycles. The molecule has 6 rings (SSSR count). The summed E-state index contributed by atoms with van der Waals surface area (Å²) in [6.45, 7) is 7.26. The quantitative estimate of drug-likeness (QED) is 0.160. The molecular formula is C34H37N7O3. The topological polar surface area (TPSA) is 140 Å². The molecule has 0 aliphatic heterocycles. The average molecular weight is 592 g/mol. The van der Waals surface area contributed by atoms with Gasteiger partial charge in [0.05, 0.1) is 16.8 Å². The van der Waals surface area contributed by atoms with Crippen LogP contribution in [-0.4, -0.2) is 42.5 Å². The summed E-state index contributed by atoms with van der Waals surface area (Å²) in [5.41, 5.74) is 11.6. The van der Waals surface area contributed by atoms with Crippen molar-refractivity contribution in [3.05, 3.63) is 84.6 Å². The number of nitrogens with two attached hydrogens (primary N) is 1. The minimum atomic E-state index is -0.684. The van der Waals surface area contributed by atoms with E-state index < -0.39 is 23.5 Å².